The van der Waals surface area contributed by atoms with E-state index in [1.54, 1.807) is 0 Å². The maximum atomic E-state index is 14.4. The first-order chi connectivity index (χ1) is 13.9. The Labute approximate surface area is 165 Å². The van der Waals surface area contributed by atoms with Gasteiger partial charge in [0, 0.05) is 29.8 Å². The second-order valence-electron chi connectivity index (χ2n) is 6.61. The smallest absolute Gasteiger partial charge is 0.237 e. The van der Waals surface area contributed by atoms with Crippen LogP contribution in [0, 0.1) is 23.3 Å². The minimum atomic E-state index is -1.36. The molecule has 2 N–H and O–H groups in total. The van der Waals surface area contributed by atoms with Crippen LogP contribution in [0.3, 0.4) is 0 Å². The van der Waals surface area contributed by atoms with E-state index < -0.39 is 29.9 Å². The number of benzene rings is 2. The van der Waals surface area contributed by atoms with Gasteiger partial charge in [0.05, 0.1) is 13.2 Å². The van der Waals surface area contributed by atoms with Crippen molar-refractivity contribution in [1.82, 2.24) is 10.6 Å². The van der Waals surface area contributed by atoms with E-state index in [0.717, 1.165) is 31.5 Å². The molecule has 0 spiro atoms. The monoisotopic (exact) mass is 412 g/mol. The van der Waals surface area contributed by atoms with Gasteiger partial charge < -0.3 is 20.1 Å². The summed E-state index contributed by atoms with van der Waals surface area (Å²) in [5.74, 6) is -4.60. The van der Waals surface area contributed by atoms with Crippen LogP contribution in [0.4, 0.5) is 17.6 Å². The van der Waals surface area contributed by atoms with Gasteiger partial charge in [0.15, 0.2) is 23.2 Å². The lowest BCUT2D eigenvalue weighted by molar-refractivity contribution is -0.122. The Morgan fingerprint density at radius 2 is 1.90 bits per heavy atom. The van der Waals surface area contributed by atoms with E-state index in [2.05, 4.69) is 10.6 Å². The number of amides is 1. The number of carbonyl (C=O) groups excluding carboxylic acids is 1. The summed E-state index contributed by atoms with van der Waals surface area (Å²) in [6, 6.07) is 3.27. The zero-order valence-electron chi connectivity index (χ0n) is 15.7. The molecule has 2 aromatic carbocycles. The Bertz CT molecular complexity index is 902. The number of rotatable bonds is 7. The molecule has 1 heterocycles. The van der Waals surface area contributed by atoms with E-state index in [-0.39, 0.29) is 35.6 Å². The Kier molecular flexibility index (Phi) is 6.58. The van der Waals surface area contributed by atoms with Gasteiger partial charge in [0.2, 0.25) is 5.91 Å². The highest BCUT2D eigenvalue weighted by atomic mass is 19.2. The molecule has 0 unspecified atom stereocenters. The topological polar surface area (TPSA) is 59.6 Å². The summed E-state index contributed by atoms with van der Waals surface area (Å²) >= 11 is 0. The van der Waals surface area contributed by atoms with Gasteiger partial charge in [-0.15, -0.1) is 0 Å². The van der Waals surface area contributed by atoms with Crippen LogP contribution in [-0.2, 0) is 17.9 Å². The van der Waals surface area contributed by atoms with E-state index >= 15 is 0 Å². The van der Waals surface area contributed by atoms with Gasteiger partial charge in [-0.05, 0) is 31.5 Å². The summed E-state index contributed by atoms with van der Waals surface area (Å²) in [4.78, 5) is 12.1. The molecule has 9 heteroatoms. The van der Waals surface area contributed by atoms with Gasteiger partial charge in [0.1, 0.15) is 18.2 Å². The molecule has 0 bridgehead atoms. The lowest BCUT2D eigenvalue weighted by Crippen LogP contribution is -2.40. The summed E-state index contributed by atoms with van der Waals surface area (Å²) in [6.07, 6.45) is 1.65. The summed E-state index contributed by atoms with van der Waals surface area (Å²) in [6.45, 7) is 0.239. The first-order valence-corrected chi connectivity index (χ1v) is 9.02. The molecule has 2 aromatic rings. The number of nitrogens with one attached hydrogen (secondary N) is 2. The standard InChI is InChI=1S/C20H20F4N2O3/c1-28-17-8-18(29-10-12-5-13(21)7-15(23)19(12)24)14(22)6-11(17)9-26-20(27)16-3-2-4-25-16/h5-8,16,25H,2-4,9-10H2,1H3,(H,26,27)/t16-/m0/s1. The lowest BCUT2D eigenvalue weighted by Gasteiger charge is -2.15. The van der Waals surface area contributed by atoms with E-state index in [9.17, 15) is 22.4 Å². The van der Waals surface area contributed by atoms with Crippen LogP contribution in [0.5, 0.6) is 11.5 Å². The van der Waals surface area contributed by atoms with Crippen LogP contribution in [0.15, 0.2) is 24.3 Å². The van der Waals surface area contributed by atoms with Crippen molar-refractivity contribution in [3.8, 4) is 11.5 Å². The van der Waals surface area contributed by atoms with Gasteiger partial charge in [-0.3, -0.25) is 4.79 Å². The molecule has 0 saturated carbocycles. The van der Waals surface area contributed by atoms with Crippen molar-refractivity contribution in [3.05, 3.63) is 58.7 Å². The average Bonchev–Trinajstić information content (AvgIpc) is 3.23. The highest BCUT2D eigenvalue weighted by Crippen LogP contribution is 2.29. The summed E-state index contributed by atoms with van der Waals surface area (Å²) in [5, 5.41) is 5.78. The third-order valence-corrected chi connectivity index (χ3v) is 4.62. The quantitative estimate of drug-likeness (QED) is 0.542. The van der Waals surface area contributed by atoms with Gasteiger partial charge in [-0.25, -0.2) is 17.6 Å². The normalized spacial score (nSPS) is 16.0. The fourth-order valence-electron chi connectivity index (χ4n) is 3.10. The fourth-order valence-corrected chi connectivity index (χ4v) is 3.10. The first kappa shape index (κ1) is 20.9. The van der Waals surface area contributed by atoms with Crippen molar-refractivity contribution in [1.29, 1.82) is 0 Å². The first-order valence-electron chi connectivity index (χ1n) is 9.02. The number of methoxy groups -OCH3 is 1. The molecule has 3 rings (SSSR count). The zero-order chi connectivity index (χ0) is 21.0. The van der Waals surface area contributed by atoms with E-state index in [0.29, 0.717) is 11.6 Å². The molecule has 29 heavy (non-hydrogen) atoms. The summed E-state index contributed by atoms with van der Waals surface area (Å²) in [7, 11) is 1.36. The molecular formula is C20H20F4N2O3. The molecule has 156 valence electrons. The van der Waals surface area contributed by atoms with Gasteiger partial charge in [0.25, 0.3) is 0 Å². The van der Waals surface area contributed by atoms with Crippen LogP contribution >= 0.6 is 0 Å². The minimum Gasteiger partial charge on any atom is -0.496 e. The molecule has 1 atom stereocenters. The maximum Gasteiger partial charge on any atom is 0.237 e. The molecule has 1 amide bonds. The third kappa shape index (κ3) is 4.97. The summed E-state index contributed by atoms with van der Waals surface area (Å²) in [5.41, 5.74) is -0.00653. The molecular weight excluding hydrogens is 392 g/mol. The maximum absolute atomic E-state index is 14.4. The second kappa shape index (κ2) is 9.13. The molecule has 0 aliphatic carbocycles. The highest BCUT2D eigenvalue weighted by Gasteiger charge is 2.22. The van der Waals surface area contributed by atoms with Gasteiger partial charge in [-0.2, -0.15) is 0 Å². The summed E-state index contributed by atoms with van der Waals surface area (Å²) < 4.78 is 65.0. The number of carbonyl (C=O) groups is 1. The Balaban J connectivity index is 1.70. The number of hydrogen-bond donors (Lipinski definition) is 2. The van der Waals surface area contributed by atoms with Crippen molar-refractivity contribution in [3.63, 3.8) is 0 Å². The predicted octanol–water partition coefficient (Wildman–Crippen LogP) is 3.20. The molecule has 5 nitrogen and oxygen atoms in total. The number of ether oxygens (including phenoxy) is 2. The van der Waals surface area contributed by atoms with Crippen LogP contribution < -0.4 is 20.1 Å². The van der Waals surface area contributed by atoms with Crippen LogP contribution in [0.2, 0.25) is 0 Å². The van der Waals surface area contributed by atoms with E-state index in [1.807, 2.05) is 0 Å². The van der Waals surface area contributed by atoms with Gasteiger partial charge >= 0.3 is 0 Å². The molecule has 1 fully saturated rings. The van der Waals surface area contributed by atoms with Crippen LogP contribution in [0.1, 0.15) is 24.0 Å². The highest BCUT2D eigenvalue weighted by molar-refractivity contribution is 5.82. The third-order valence-electron chi connectivity index (χ3n) is 4.62. The SMILES string of the molecule is COc1cc(OCc2cc(F)cc(F)c2F)c(F)cc1CNC(=O)[C@@H]1CCCN1. The molecule has 0 radical (unpaired) electrons. The zero-order valence-corrected chi connectivity index (χ0v) is 15.7. The van der Waals surface area contributed by atoms with E-state index in [4.69, 9.17) is 9.47 Å². The largest absolute Gasteiger partial charge is 0.496 e. The molecule has 0 aromatic heterocycles. The minimum absolute atomic E-state index is 0.0428. The fraction of sp³-hybridized carbons (Fsp3) is 0.350. The lowest BCUT2D eigenvalue weighted by atomic mass is 10.1. The molecule has 1 saturated heterocycles. The van der Waals surface area contributed by atoms with Crippen molar-refractivity contribution >= 4 is 5.91 Å². The van der Waals surface area contributed by atoms with Crippen molar-refractivity contribution < 1.29 is 31.8 Å². The van der Waals surface area contributed by atoms with Crippen LogP contribution in [-0.4, -0.2) is 25.6 Å². The Morgan fingerprint density at radius 1 is 1.10 bits per heavy atom. The van der Waals surface area contributed by atoms with Crippen LogP contribution in [0.25, 0.3) is 0 Å². The van der Waals surface area contributed by atoms with Crippen molar-refractivity contribution in [2.45, 2.75) is 32.0 Å². The predicted molar refractivity (Wildman–Crippen MR) is 96.5 cm³/mol. The van der Waals surface area contributed by atoms with E-state index in [1.165, 1.54) is 13.2 Å². The molecule has 1 aliphatic rings. The molecule has 1 aliphatic heterocycles. The Morgan fingerprint density at radius 3 is 2.59 bits per heavy atom. The number of hydrogen-bond acceptors (Lipinski definition) is 4. The average molecular weight is 412 g/mol. The Hall–Kier alpha value is -2.81. The van der Waals surface area contributed by atoms with Gasteiger partial charge in [-0.1, -0.05) is 0 Å². The van der Waals surface area contributed by atoms with Crippen molar-refractivity contribution in [2.24, 2.45) is 0 Å². The van der Waals surface area contributed by atoms with Crippen molar-refractivity contribution in [2.75, 3.05) is 13.7 Å². The second-order valence-corrected chi connectivity index (χ2v) is 6.61. The number of halogens is 4.